The first-order chi connectivity index (χ1) is 11.1. The van der Waals surface area contributed by atoms with E-state index in [0.29, 0.717) is 30.8 Å². The Morgan fingerprint density at radius 3 is 2.40 bits per heavy atom. The second-order valence-electron chi connectivity index (χ2n) is 7.27. The van der Waals surface area contributed by atoms with Crippen LogP contribution in [0.25, 0.3) is 0 Å². The predicted octanol–water partition coefficient (Wildman–Crippen LogP) is 1.33. The Hall–Kier alpha value is -0.695. The number of morpholine rings is 1. The van der Waals surface area contributed by atoms with Crippen molar-refractivity contribution in [3.8, 4) is 0 Å². The van der Waals surface area contributed by atoms with Crippen molar-refractivity contribution in [2.75, 3.05) is 26.3 Å². The molecule has 25 heavy (non-hydrogen) atoms. The standard InChI is InChI=1S/C17H27BFNO4.ClH/c1-16(2,21)17(3,4)24-18(22)15-6-5-14(19)11-13(15)12-20-7-9-23-10-8-20;/h5-6,11,21-22H,7-10,12H2,1-4H3;1H. The maximum atomic E-state index is 13.7. The van der Waals surface area contributed by atoms with Crippen LogP contribution in [0.5, 0.6) is 0 Å². The molecule has 1 saturated heterocycles. The molecule has 1 aromatic carbocycles. The largest absolute Gasteiger partial charge is 0.491 e. The summed E-state index contributed by atoms with van der Waals surface area (Å²) in [4.78, 5) is 2.15. The minimum atomic E-state index is -1.25. The highest BCUT2D eigenvalue weighted by atomic mass is 35.5. The van der Waals surface area contributed by atoms with Gasteiger partial charge < -0.3 is 19.5 Å². The van der Waals surface area contributed by atoms with Gasteiger partial charge in [0, 0.05) is 19.6 Å². The molecule has 0 aliphatic carbocycles. The lowest BCUT2D eigenvalue weighted by Crippen LogP contribution is -2.53. The van der Waals surface area contributed by atoms with Gasteiger partial charge in [0.1, 0.15) is 5.82 Å². The van der Waals surface area contributed by atoms with E-state index in [1.807, 2.05) is 0 Å². The van der Waals surface area contributed by atoms with Crippen LogP contribution in [-0.4, -0.2) is 59.7 Å². The first-order valence-electron chi connectivity index (χ1n) is 8.27. The van der Waals surface area contributed by atoms with Gasteiger partial charge in [0.15, 0.2) is 0 Å². The molecule has 8 heteroatoms. The smallest absolute Gasteiger partial charge is 0.423 e. The maximum absolute atomic E-state index is 13.7. The van der Waals surface area contributed by atoms with E-state index in [0.717, 1.165) is 13.1 Å². The van der Waals surface area contributed by atoms with Gasteiger partial charge in [-0.15, -0.1) is 12.4 Å². The van der Waals surface area contributed by atoms with Gasteiger partial charge >= 0.3 is 7.12 Å². The summed E-state index contributed by atoms with van der Waals surface area (Å²) in [6.45, 7) is 10.0. The minimum absolute atomic E-state index is 0. The number of nitrogens with zero attached hydrogens (tertiary/aromatic N) is 1. The molecule has 5 nitrogen and oxygen atoms in total. The van der Waals surface area contributed by atoms with Gasteiger partial charge in [-0.3, -0.25) is 4.90 Å². The molecule has 1 aliphatic rings. The monoisotopic (exact) mass is 375 g/mol. The second kappa shape index (κ2) is 8.80. The van der Waals surface area contributed by atoms with Gasteiger partial charge in [0.25, 0.3) is 0 Å². The third-order valence-electron chi connectivity index (χ3n) is 4.75. The third-order valence-corrected chi connectivity index (χ3v) is 4.75. The summed E-state index contributed by atoms with van der Waals surface area (Å²) >= 11 is 0. The maximum Gasteiger partial charge on any atom is 0.491 e. The molecule has 1 aliphatic heterocycles. The molecular formula is C17H28BClFNO4. The van der Waals surface area contributed by atoms with E-state index in [4.69, 9.17) is 9.39 Å². The Balaban J connectivity index is 0.00000312. The lowest BCUT2D eigenvalue weighted by atomic mass is 9.74. The van der Waals surface area contributed by atoms with Crippen molar-refractivity contribution >= 4 is 25.0 Å². The van der Waals surface area contributed by atoms with Crippen molar-refractivity contribution in [1.82, 2.24) is 4.90 Å². The van der Waals surface area contributed by atoms with Crippen molar-refractivity contribution < 1.29 is 23.9 Å². The zero-order valence-electron chi connectivity index (χ0n) is 15.3. The molecule has 2 N–H and O–H groups in total. The van der Waals surface area contributed by atoms with Gasteiger partial charge in [0.2, 0.25) is 0 Å². The lowest BCUT2D eigenvalue weighted by molar-refractivity contribution is -0.0983. The van der Waals surface area contributed by atoms with E-state index in [1.54, 1.807) is 27.7 Å². The number of hydrogen-bond acceptors (Lipinski definition) is 5. The van der Waals surface area contributed by atoms with Crippen LogP contribution in [0, 0.1) is 5.82 Å². The number of ether oxygens (including phenoxy) is 1. The van der Waals surface area contributed by atoms with Gasteiger partial charge in [-0.1, -0.05) is 6.07 Å². The summed E-state index contributed by atoms with van der Waals surface area (Å²) in [5, 5.41) is 20.7. The first-order valence-corrected chi connectivity index (χ1v) is 8.27. The Morgan fingerprint density at radius 2 is 1.84 bits per heavy atom. The van der Waals surface area contributed by atoms with Crippen LogP contribution in [0.4, 0.5) is 4.39 Å². The van der Waals surface area contributed by atoms with Gasteiger partial charge in [-0.05, 0) is 50.9 Å². The van der Waals surface area contributed by atoms with E-state index >= 15 is 0 Å². The molecule has 0 bridgehead atoms. The number of rotatable bonds is 6. The van der Waals surface area contributed by atoms with Crippen LogP contribution in [0.15, 0.2) is 18.2 Å². The Kier molecular flexibility index (Phi) is 7.86. The van der Waals surface area contributed by atoms with E-state index in [2.05, 4.69) is 4.90 Å². The number of halogens is 2. The zero-order chi connectivity index (χ0) is 18.0. The molecule has 0 aromatic heterocycles. The molecule has 1 fully saturated rings. The third kappa shape index (κ3) is 5.91. The minimum Gasteiger partial charge on any atom is -0.423 e. The van der Waals surface area contributed by atoms with Crippen LogP contribution in [0.3, 0.4) is 0 Å². The predicted molar refractivity (Wildman–Crippen MR) is 98.8 cm³/mol. The number of hydrogen-bond donors (Lipinski definition) is 2. The molecule has 1 aromatic rings. The normalized spacial score (nSPS) is 16.4. The average Bonchev–Trinajstić information content (AvgIpc) is 2.46. The summed E-state index contributed by atoms with van der Waals surface area (Å²) < 4.78 is 24.7. The average molecular weight is 376 g/mol. The van der Waals surface area contributed by atoms with E-state index < -0.39 is 18.3 Å². The summed E-state index contributed by atoms with van der Waals surface area (Å²) in [7, 11) is -1.25. The summed E-state index contributed by atoms with van der Waals surface area (Å²) in [5.74, 6) is -0.351. The highest BCUT2D eigenvalue weighted by Gasteiger charge is 2.40. The van der Waals surface area contributed by atoms with Crippen LogP contribution in [0.1, 0.15) is 33.3 Å². The van der Waals surface area contributed by atoms with Crippen molar-refractivity contribution in [2.45, 2.75) is 45.4 Å². The molecule has 0 spiro atoms. The Morgan fingerprint density at radius 1 is 1.24 bits per heavy atom. The number of benzene rings is 1. The van der Waals surface area contributed by atoms with Crippen LogP contribution >= 0.6 is 12.4 Å². The second-order valence-corrected chi connectivity index (χ2v) is 7.27. The van der Waals surface area contributed by atoms with Crippen LogP contribution in [0.2, 0.25) is 0 Å². The van der Waals surface area contributed by atoms with Crippen LogP contribution in [-0.2, 0) is 15.9 Å². The van der Waals surface area contributed by atoms with Gasteiger partial charge in [0.05, 0.1) is 24.4 Å². The fourth-order valence-electron chi connectivity index (χ4n) is 2.44. The molecule has 0 atom stereocenters. The van der Waals surface area contributed by atoms with E-state index in [1.165, 1.54) is 18.2 Å². The first kappa shape index (κ1) is 22.3. The molecule has 0 amide bonds. The molecule has 142 valence electrons. The van der Waals surface area contributed by atoms with Gasteiger partial charge in [-0.2, -0.15) is 0 Å². The molecule has 0 unspecified atom stereocenters. The summed E-state index contributed by atoms with van der Waals surface area (Å²) in [5.41, 5.74) is -0.925. The van der Waals surface area contributed by atoms with E-state index in [-0.39, 0.29) is 18.2 Å². The van der Waals surface area contributed by atoms with Crippen molar-refractivity contribution in [3.05, 3.63) is 29.6 Å². The SMILES string of the molecule is CC(C)(O)C(C)(C)OB(O)c1ccc(F)cc1CN1CCOCC1.Cl. The fraction of sp³-hybridized carbons (Fsp3) is 0.647. The Labute approximate surface area is 155 Å². The molecule has 0 radical (unpaired) electrons. The van der Waals surface area contributed by atoms with Crippen molar-refractivity contribution in [2.24, 2.45) is 0 Å². The lowest BCUT2D eigenvalue weighted by Gasteiger charge is -2.38. The Bertz CT molecular complexity index is 562. The zero-order valence-corrected chi connectivity index (χ0v) is 16.1. The van der Waals surface area contributed by atoms with Crippen LogP contribution < -0.4 is 5.46 Å². The quantitative estimate of drug-likeness (QED) is 0.735. The molecule has 2 rings (SSSR count). The summed E-state index contributed by atoms with van der Waals surface area (Å²) in [6.07, 6.45) is 0. The van der Waals surface area contributed by atoms with Crippen molar-refractivity contribution in [1.29, 1.82) is 0 Å². The molecule has 1 heterocycles. The highest BCUT2D eigenvalue weighted by Crippen LogP contribution is 2.25. The van der Waals surface area contributed by atoms with Crippen molar-refractivity contribution in [3.63, 3.8) is 0 Å². The highest BCUT2D eigenvalue weighted by molar-refractivity contribution is 6.60. The number of aliphatic hydroxyl groups is 1. The topological polar surface area (TPSA) is 62.2 Å². The molecular weight excluding hydrogens is 347 g/mol. The van der Waals surface area contributed by atoms with Gasteiger partial charge in [-0.25, -0.2) is 4.39 Å². The van der Waals surface area contributed by atoms with E-state index in [9.17, 15) is 14.5 Å². The summed E-state index contributed by atoms with van der Waals surface area (Å²) in [6, 6.07) is 4.27. The fourth-order valence-corrected chi connectivity index (χ4v) is 2.44. The molecule has 0 saturated carbocycles.